The number of nitrogens with zero attached hydrogens (tertiary/aromatic N) is 2. The quantitative estimate of drug-likeness (QED) is 0.841. The summed E-state index contributed by atoms with van der Waals surface area (Å²) in [5.74, 6) is 0.571. The average Bonchev–Trinajstić information content (AvgIpc) is 2.89. The first-order valence-corrected chi connectivity index (χ1v) is 5.32. The molecular weight excluding hydrogens is 246 g/mol. The molecule has 1 saturated carbocycles. The molecule has 5 heteroatoms. The van der Waals surface area contributed by atoms with Crippen molar-refractivity contribution in [3.05, 3.63) is 32.9 Å². The fourth-order valence-electron chi connectivity index (χ4n) is 1.66. The molecule has 0 aliphatic heterocycles. The Balaban J connectivity index is 2.40. The van der Waals surface area contributed by atoms with Gasteiger partial charge in [0.25, 0.3) is 5.56 Å². The lowest BCUT2D eigenvalue weighted by molar-refractivity contribution is 0.829. The van der Waals surface area contributed by atoms with E-state index < -0.39 is 0 Å². The fourth-order valence-corrected chi connectivity index (χ4v) is 2.03. The largest absolute Gasteiger partial charge is 0.325 e. The van der Waals surface area contributed by atoms with Crippen LogP contribution >= 0.6 is 15.9 Å². The molecule has 0 atom stereocenters. The summed E-state index contributed by atoms with van der Waals surface area (Å²) in [6, 6.07) is 1.74. The molecule has 1 aliphatic rings. The number of halogens is 1. The Labute approximate surface area is 88.1 Å². The van der Waals surface area contributed by atoms with Gasteiger partial charge in [-0.15, -0.1) is 0 Å². The van der Waals surface area contributed by atoms with Crippen LogP contribution in [0, 0.1) is 0 Å². The maximum atomic E-state index is 11.5. The van der Waals surface area contributed by atoms with E-state index in [1.54, 1.807) is 16.8 Å². The first-order valence-electron chi connectivity index (χ1n) is 4.52. The van der Waals surface area contributed by atoms with E-state index in [9.17, 15) is 4.79 Å². The van der Waals surface area contributed by atoms with Gasteiger partial charge in [0.05, 0.1) is 5.69 Å². The number of hydrogen-bond acceptors (Lipinski definition) is 2. The van der Waals surface area contributed by atoms with Gasteiger partial charge < -0.3 is 4.98 Å². The highest BCUT2D eigenvalue weighted by atomic mass is 79.9. The van der Waals surface area contributed by atoms with E-state index >= 15 is 0 Å². The highest BCUT2D eigenvalue weighted by molar-refractivity contribution is 9.10. The highest BCUT2D eigenvalue weighted by Gasteiger charge is 2.27. The molecule has 1 aliphatic carbocycles. The second kappa shape index (κ2) is 2.70. The van der Waals surface area contributed by atoms with Crippen LogP contribution in [0.2, 0.25) is 0 Å². The van der Waals surface area contributed by atoms with Crippen molar-refractivity contribution in [1.82, 2.24) is 14.6 Å². The van der Waals surface area contributed by atoms with Crippen LogP contribution < -0.4 is 5.56 Å². The van der Waals surface area contributed by atoms with Gasteiger partial charge in [-0.1, -0.05) is 0 Å². The van der Waals surface area contributed by atoms with Gasteiger partial charge in [0.1, 0.15) is 10.1 Å². The van der Waals surface area contributed by atoms with Crippen molar-refractivity contribution >= 4 is 21.4 Å². The van der Waals surface area contributed by atoms with Crippen LogP contribution in [0.15, 0.2) is 21.7 Å². The van der Waals surface area contributed by atoms with Gasteiger partial charge in [0.2, 0.25) is 0 Å². The van der Waals surface area contributed by atoms with Gasteiger partial charge in [-0.25, -0.2) is 4.52 Å². The number of H-pyrrole nitrogens is 1. The molecule has 0 saturated heterocycles. The standard InChI is InChI=1S/C9H8BrN3O/c10-8-3-6-9(14)11-4-7(5-1-2-5)13(6)12-8/h3-5H,1-2H2,(H,11,14). The van der Waals surface area contributed by atoms with E-state index in [0.717, 1.165) is 5.69 Å². The predicted octanol–water partition coefficient (Wildman–Crippen LogP) is 1.66. The number of rotatable bonds is 1. The SMILES string of the molecule is O=c1[nH]cc(C2CC2)n2nc(Br)cc12. The Morgan fingerprint density at radius 1 is 1.57 bits per heavy atom. The summed E-state index contributed by atoms with van der Waals surface area (Å²) in [6.07, 6.45) is 4.16. The first-order chi connectivity index (χ1) is 6.75. The van der Waals surface area contributed by atoms with Crippen molar-refractivity contribution in [1.29, 1.82) is 0 Å². The lowest BCUT2D eigenvalue weighted by atomic mass is 10.3. The van der Waals surface area contributed by atoms with Crippen molar-refractivity contribution in [2.24, 2.45) is 0 Å². The Hall–Kier alpha value is -1.10. The van der Waals surface area contributed by atoms with E-state index in [1.807, 2.05) is 0 Å². The zero-order chi connectivity index (χ0) is 9.71. The Morgan fingerprint density at radius 3 is 3.07 bits per heavy atom. The molecule has 3 rings (SSSR count). The molecule has 1 fully saturated rings. The van der Waals surface area contributed by atoms with Crippen LogP contribution in [0.1, 0.15) is 24.5 Å². The number of fused-ring (bicyclic) bond motifs is 1. The van der Waals surface area contributed by atoms with E-state index in [0.29, 0.717) is 16.0 Å². The summed E-state index contributed by atoms with van der Waals surface area (Å²) in [7, 11) is 0. The third-order valence-corrected chi connectivity index (χ3v) is 2.89. The van der Waals surface area contributed by atoms with E-state index in [1.165, 1.54) is 12.8 Å². The number of aromatic nitrogens is 3. The van der Waals surface area contributed by atoms with Gasteiger partial charge in [-0.05, 0) is 28.8 Å². The van der Waals surface area contributed by atoms with Crippen LogP contribution in [0.3, 0.4) is 0 Å². The molecule has 0 bridgehead atoms. The highest BCUT2D eigenvalue weighted by Crippen LogP contribution is 2.39. The smallest absolute Gasteiger partial charge is 0.274 e. The number of aromatic amines is 1. The van der Waals surface area contributed by atoms with Gasteiger partial charge in [0.15, 0.2) is 0 Å². The molecule has 2 heterocycles. The van der Waals surface area contributed by atoms with E-state index in [2.05, 4.69) is 26.0 Å². The van der Waals surface area contributed by atoms with Gasteiger partial charge >= 0.3 is 0 Å². The topological polar surface area (TPSA) is 50.2 Å². The minimum Gasteiger partial charge on any atom is -0.325 e. The maximum Gasteiger partial charge on any atom is 0.274 e. The summed E-state index contributed by atoms with van der Waals surface area (Å²) < 4.78 is 2.44. The second-order valence-electron chi connectivity index (χ2n) is 3.58. The molecule has 0 amide bonds. The first kappa shape index (κ1) is 8.23. The normalized spacial score (nSPS) is 16.4. The predicted molar refractivity (Wildman–Crippen MR) is 55.5 cm³/mol. The van der Waals surface area contributed by atoms with Crippen LogP contribution in [0.5, 0.6) is 0 Å². The van der Waals surface area contributed by atoms with Crippen LogP contribution in [-0.4, -0.2) is 14.6 Å². The molecule has 0 aromatic carbocycles. The van der Waals surface area contributed by atoms with Crippen molar-refractivity contribution in [2.45, 2.75) is 18.8 Å². The fraction of sp³-hybridized carbons (Fsp3) is 0.333. The molecule has 2 aromatic rings. The minimum absolute atomic E-state index is 0.0902. The third-order valence-electron chi connectivity index (χ3n) is 2.50. The molecule has 0 radical (unpaired) electrons. The molecule has 1 N–H and O–H groups in total. The van der Waals surface area contributed by atoms with Crippen molar-refractivity contribution in [3.63, 3.8) is 0 Å². The van der Waals surface area contributed by atoms with E-state index in [4.69, 9.17) is 0 Å². The van der Waals surface area contributed by atoms with Crippen LogP contribution in [-0.2, 0) is 0 Å². The molecule has 4 nitrogen and oxygen atoms in total. The Kier molecular flexibility index (Phi) is 1.58. The molecular formula is C9H8BrN3O. The zero-order valence-corrected chi connectivity index (χ0v) is 8.91. The molecule has 14 heavy (non-hydrogen) atoms. The Bertz CT molecular complexity index is 553. The third kappa shape index (κ3) is 1.12. The summed E-state index contributed by atoms with van der Waals surface area (Å²) in [6.45, 7) is 0. The van der Waals surface area contributed by atoms with E-state index in [-0.39, 0.29) is 5.56 Å². The number of hydrogen-bond donors (Lipinski definition) is 1. The maximum absolute atomic E-state index is 11.5. The lowest BCUT2D eigenvalue weighted by Gasteiger charge is -2.00. The van der Waals surface area contributed by atoms with Crippen molar-refractivity contribution < 1.29 is 0 Å². The van der Waals surface area contributed by atoms with Crippen LogP contribution in [0.4, 0.5) is 0 Å². The Morgan fingerprint density at radius 2 is 2.36 bits per heavy atom. The van der Waals surface area contributed by atoms with Crippen molar-refractivity contribution in [2.75, 3.05) is 0 Å². The molecule has 0 spiro atoms. The van der Waals surface area contributed by atoms with Crippen LogP contribution in [0.25, 0.3) is 5.52 Å². The summed E-state index contributed by atoms with van der Waals surface area (Å²) in [5, 5.41) is 4.25. The van der Waals surface area contributed by atoms with Gasteiger partial charge in [0, 0.05) is 18.2 Å². The molecule has 72 valence electrons. The summed E-state index contributed by atoms with van der Waals surface area (Å²) in [5.41, 5.74) is 1.62. The minimum atomic E-state index is -0.0902. The molecule has 2 aromatic heterocycles. The van der Waals surface area contributed by atoms with Gasteiger partial charge in [-0.2, -0.15) is 5.10 Å². The second-order valence-corrected chi connectivity index (χ2v) is 4.39. The van der Waals surface area contributed by atoms with Crippen molar-refractivity contribution in [3.8, 4) is 0 Å². The zero-order valence-electron chi connectivity index (χ0n) is 7.33. The average molecular weight is 254 g/mol. The monoisotopic (exact) mass is 253 g/mol. The number of nitrogens with one attached hydrogen (secondary N) is 1. The lowest BCUT2D eigenvalue weighted by Crippen LogP contribution is -2.11. The summed E-state index contributed by atoms with van der Waals surface area (Å²) >= 11 is 3.28. The van der Waals surface area contributed by atoms with Gasteiger partial charge in [-0.3, -0.25) is 4.79 Å². The molecule has 0 unspecified atom stereocenters. The summed E-state index contributed by atoms with van der Waals surface area (Å²) in [4.78, 5) is 14.2.